The molecule has 1 N–H and O–H groups in total. The minimum Gasteiger partial charge on any atom is -0.490 e. The third-order valence-electron chi connectivity index (χ3n) is 5.29. The molecule has 7 nitrogen and oxygen atoms in total. The molecule has 1 aliphatic heterocycles. The van der Waals surface area contributed by atoms with Gasteiger partial charge in [0.05, 0.1) is 21.6 Å². The van der Waals surface area contributed by atoms with E-state index in [4.69, 9.17) is 21.1 Å². The highest BCUT2D eigenvalue weighted by Gasteiger charge is 2.36. The van der Waals surface area contributed by atoms with Gasteiger partial charge in [0.2, 0.25) is 0 Å². The minimum atomic E-state index is -0.593. The van der Waals surface area contributed by atoms with E-state index in [1.54, 1.807) is 30.3 Å². The van der Waals surface area contributed by atoms with Crippen LogP contribution in [0.15, 0.2) is 65.6 Å². The second-order valence-electron chi connectivity index (χ2n) is 7.93. The Hall–Kier alpha value is -3.09. The van der Waals surface area contributed by atoms with Gasteiger partial charge in [-0.05, 0) is 89.3 Å². The van der Waals surface area contributed by atoms with E-state index >= 15 is 0 Å². The number of halogens is 3. The molecule has 4 rings (SSSR count). The van der Waals surface area contributed by atoms with Crippen molar-refractivity contribution in [3.05, 3.63) is 91.1 Å². The molecule has 0 saturated carbocycles. The predicted octanol–water partition coefficient (Wildman–Crippen LogP) is 6.74. The quantitative estimate of drug-likeness (QED) is 0.201. The highest BCUT2D eigenvalue weighted by atomic mass is 127. The molecule has 3 amide bonds. The molecular formula is C27H21ClFIN2O5S. The fraction of sp³-hybridized carbons (Fsp3) is 0.148. The first-order valence-corrected chi connectivity index (χ1v) is 13.7. The lowest BCUT2D eigenvalue weighted by atomic mass is 10.1. The first kappa shape index (κ1) is 27.9. The topological polar surface area (TPSA) is 84.9 Å². The van der Waals surface area contributed by atoms with Crippen LogP contribution in [0.5, 0.6) is 11.5 Å². The van der Waals surface area contributed by atoms with Crippen LogP contribution in [0, 0.1) is 9.39 Å². The number of nitrogens with one attached hydrogen (secondary N) is 1. The fourth-order valence-corrected chi connectivity index (χ4v) is 5.40. The van der Waals surface area contributed by atoms with Crippen LogP contribution in [0.4, 0.5) is 14.9 Å². The second-order valence-corrected chi connectivity index (χ2v) is 10.5. The van der Waals surface area contributed by atoms with Crippen molar-refractivity contribution in [3.8, 4) is 11.5 Å². The highest BCUT2D eigenvalue weighted by Crippen LogP contribution is 2.38. The van der Waals surface area contributed by atoms with Crippen LogP contribution < -0.4 is 14.8 Å². The average molecular weight is 667 g/mol. The second kappa shape index (κ2) is 12.6. The summed E-state index contributed by atoms with van der Waals surface area (Å²) in [6.07, 6.45) is 1.56. The summed E-state index contributed by atoms with van der Waals surface area (Å²) in [6.45, 7) is 1.64. The molecule has 0 unspecified atom stereocenters. The van der Waals surface area contributed by atoms with E-state index in [-0.39, 0.29) is 34.6 Å². The maximum absolute atomic E-state index is 14.2. The summed E-state index contributed by atoms with van der Waals surface area (Å²) in [6, 6.07) is 16.6. The molecule has 0 atom stereocenters. The van der Waals surface area contributed by atoms with Gasteiger partial charge >= 0.3 is 0 Å². The molecule has 1 aliphatic rings. The number of imide groups is 1. The molecule has 3 aromatic carbocycles. The van der Waals surface area contributed by atoms with Gasteiger partial charge in [0.25, 0.3) is 17.1 Å². The van der Waals surface area contributed by atoms with Crippen molar-refractivity contribution in [3.63, 3.8) is 0 Å². The number of carbonyl (C=O) groups excluding carboxylic acids is 3. The van der Waals surface area contributed by atoms with Crippen LogP contribution in [-0.2, 0) is 16.1 Å². The van der Waals surface area contributed by atoms with Crippen molar-refractivity contribution in [2.24, 2.45) is 0 Å². The Labute approximate surface area is 241 Å². The van der Waals surface area contributed by atoms with Crippen LogP contribution in [-0.4, -0.2) is 35.2 Å². The largest absolute Gasteiger partial charge is 0.490 e. The molecule has 38 heavy (non-hydrogen) atoms. The molecule has 196 valence electrons. The zero-order chi connectivity index (χ0) is 27.2. The zero-order valence-electron chi connectivity index (χ0n) is 20.0. The molecule has 0 aromatic heterocycles. The molecular weight excluding hydrogens is 646 g/mol. The van der Waals surface area contributed by atoms with Crippen LogP contribution >= 0.6 is 46.0 Å². The molecule has 0 radical (unpaired) electrons. The summed E-state index contributed by atoms with van der Waals surface area (Å²) in [5, 5.41) is 2.37. The summed E-state index contributed by atoms with van der Waals surface area (Å²) in [7, 11) is 0. The van der Waals surface area contributed by atoms with Gasteiger partial charge in [-0.15, -0.1) is 0 Å². The number of rotatable bonds is 9. The van der Waals surface area contributed by atoms with Crippen LogP contribution in [0.2, 0.25) is 5.02 Å². The summed E-state index contributed by atoms with van der Waals surface area (Å²) >= 11 is 8.88. The standard InChI is InChI=1S/C27H21ClFIN2O5S/c1-2-36-22-12-16(11-21(30)25(22)37-15-24(33)31-17-7-4-3-5-8-17)13-23-26(34)32(27(35)38-23)14-18-19(28)9-6-10-20(18)29/h3-13H,2,14-15H2,1H3,(H,31,33)/b23-13-. The predicted molar refractivity (Wildman–Crippen MR) is 154 cm³/mol. The molecule has 0 bridgehead atoms. The fourth-order valence-electron chi connectivity index (χ4n) is 3.56. The van der Waals surface area contributed by atoms with E-state index in [1.165, 1.54) is 18.2 Å². The number of ether oxygens (including phenoxy) is 2. The number of carbonyl (C=O) groups is 3. The maximum Gasteiger partial charge on any atom is 0.293 e. The zero-order valence-corrected chi connectivity index (χ0v) is 23.7. The van der Waals surface area contributed by atoms with E-state index in [0.717, 1.165) is 16.7 Å². The first-order valence-electron chi connectivity index (χ1n) is 11.4. The Bertz CT molecular complexity index is 1400. The lowest BCUT2D eigenvalue weighted by molar-refractivity contribution is -0.123. The molecule has 11 heteroatoms. The van der Waals surface area contributed by atoms with E-state index in [0.29, 0.717) is 32.9 Å². The smallest absolute Gasteiger partial charge is 0.293 e. The number of para-hydroxylation sites is 1. The van der Waals surface area contributed by atoms with Crippen molar-refractivity contribution >= 4 is 74.8 Å². The number of amides is 3. The molecule has 0 aliphatic carbocycles. The van der Waals surface area contributed by atoms with Gasteiger partial charge in [-0.3, -0.25) is 19.3 Å². The Morgan fingerprint density at radius 3 is 2.61 bits per heavy atom. The SMILES string of the molecule is CCOc1cc(/C=C2\SC(=O)N(Cc3c(F)cccc3Cl)C2=O)cc(I)c1OCC(=O)Nc1ccccc1. The van der Waals surface area contributed by atoms with Gasteiger partial charge in [0, 0.05) is 16.3 Å². The Morgan fingerprint density at radius 2 is 1.89 bits per heavy atom. The number of hydrogen-bond donors (Lipinski definition) is 1. The third-order valence-corrected chi connectivity index (χ3v) is 7.35. The van der Waals surface area contributed by atoms with Crippen LogP contribution in [0.1, 0.15) is 18.1 Å². The van der Waals surface area contributed by atoms with Crippen molar-refractivity contribution in [1.82, 2.24) is 4.90 Å². The molecule has 3 aromatic rings. The average Bonchev–Trinajstić information content (AvgIpc) is 3.13. The molecule has 0 spiro atoms. The van der Waals surface area contributed by atoms with E-state index in [1.807, 2.05) is 25.1 Å². The number of thioether (sulfide) groups is 1. The van der Waals surface area contributed by atoms with Crippen molar-refractivity contribution in [2.45, 2.75) is 13.5 Å². The molecule has 1 fully saturated rings. The first-order chi connectivity index (χ1) is 18.3. The Morgan fingerprint density at radius 1 is 1.13 bits per heavy atom. The van der Waals surface area contributed by atoms with E-state index < -0.39 is 17.0 Å². The summed E-state index contributed by atoms with van der Waals surface area (Å²) in [5.74, 6) is -0.706. The van der Waals surface area contributed by atoms with E-state index in [9.17, 15) is 18.8 Å². The number of anilines is 1. The lowest BCUT2D eigenvalue weighted by Crippen LogP contribution is -2.28. The minimum absolute atomic E-state index is 0.0729. The Balaban J connectivity index is 1.51. The van der Waals surface area contributed by atoms with Gasteiger partial charge in [-0.2, -0.15) is 0 Å². The van der Waals surface area contributed by atoms with Crippen molar-refractivity contribution in [2.75, 3.05) is 18.5 Å². The third kappa shape index (κ3) is 6.66. The Kier molecular flexibility index (Phi) is 9.29. The molecule has 1 heterocycles. The summed E-state index contributed by atoms with van der Waals surface area (Å²) in [4.78, 5) is 39.0. The van der Waals surface area contributed by atoms with Crippen molar-refractivity contribution < 1.29 is 28.2 Å². The monoisotopic (exact) mass is 666 g/mol. The number of nitrogens with zero attached hydrogens (tertiary/aromatic N) is 1. The molecule has 1 saturated heterocycles. The van der Waals surface area contributed by atoms with Crippen molar-refractivity contribution in [1.29, 1.82) is 0 Å². The summed E-state index contributed by atoms with van der Waals surface area (Å²) in [5.41, 5.74) is 1.32. The van der Waals surface area contributed by atoms with Crippen LogP contribution in [0.25, 0.3) is 6.08 Å². The summed E-state index contributed by atoms with van der Waals surface area (Å²) < 4.78 is 26.4. The highest BCUT2D eigenvalue weighted by molar-refractivity contribution is 14.1. The number of hydrogen-bond acceptors (Lipinski definition) is 6. The lowest BCUT2D eigenvalue weighted by Gasteiger charge is -2.15. The van der Waals surface area contributed by atoms with Gasteiger partial charge in [0.1, 0.15) is 5.82 Å². The van der Waals surface area contributed by atoms with Crippen LogP contribution in [0.3, 0.4) is 0 Å². The van der Waals surface area contributed by atoms with Gasteiger partial charge in [0.15, 0.2) is 18.1 Å². The maximum atomic E-state index is 14.2. The van der Waals surface area contributed by atoms with Gasteiger partial charge < -0.3 is 14.8 Å². The van der Waals surface area contributed by atoms with Gasteiger partial charge in [-0.1, -0.05) is 35.9 Å². The number of benzene rings is 3. The normalized spacial score (nSPS) is 14.2. The van der Waals surface area contributed by atoms with Gasteiger partial charge in [-0.25, -0.2) is 4.39 Å². The van der Waals surface area contributed by atoms with E-state index in [2.05, 4.69) is 27.9 Å².